The van der Waals surface area contributed by atoms with Gasteiger partial charge in [-0.05, 0) is 96.6 Å². The Bertz CT molecular complexity index is 3850. The minimum absolute atomic E-state index is 0.0192. The van der Waals surface area contributed by atoms with Crippen LogP contribution in [0.15, 0.2) is 109 Å². The largest absolute Gasteiger partial charge is 0.508 e. The zero-order chi connectivity index (χ0) is 62.0. The first-order valence-electron chi connectivity index (χ1n) is 30.0. The van der Waals surface area contributed by atoms with Crippen LogP contribution in [0.1, 0.15) is 133 Å². The molecular weight excluding hydrogens is 1120 g/mol. The van der Waals surface area contributed by atoms with Gasteiger partial charge in [-0.2, -0.15) is 0 Å². The van der Waals surface area contributed by atoms with Crippen LogP contribution in [0.2, 0.25) is 0 Å². The molecule has 2 atom stereocenters. The maximum absolute atomic E-state index is 14.6. The van der Waals surface area contributed by atoms with E-state index in [4.69, 9.17) is 18.9 Å². The number of carboxylic acid groups (broad SMARTS) is 1. The Morgan fingerprint density at radius 2 is 1.38 bits per heavy atom. The van der Waals surface area contributed by atoms with Crippen molar-refractivity contribution in [2.45, 2.75) is 75.9 Å². The third-order valence-corrected chi connectivity index (χ3v) is 17.4. The third-order valence-electron chi connectivity index (χ3n) is 17.4. The summed E-state index contributed by atoms with van der Waals surface area (Å²) in [6.45, 7) is 5.47. The van der Waals surface area contributed by atoms with E-state index in [0.29, 0.717) is 99.5 Å². The molecule has 19 heteroatoms. The number of hydrogen-bond acceptors (Lipinski definition) is 14. The molecule has 1 saturated carbocycles. The van der Waals surface area contributed by atoms with Crippen LogP contribution in [0.25, 0.3) is 12.2 Å². The van der Waals surface area contributed by atoms with Gasteiger partial charge in [-0.1, -0.05) is 69.0 Å². The van der Waals surface area contributed by atoms with Gasteiger partial charge in [-0.3, -0.25) is 19.2 Å². The molecule has 0 unspecified atom stereocenters. The Labute approximate surface area is 509 Å². The number of rotatable bonds is 20. The van der Waals surface area contributed by atoms with Crippen LogP contribution in [0.4, 0.5) is 16.2 Å². The number of aromatic hydroxyl groups is 1. The standard InChI is InChI=1S/C69H72N6O13/c1-40-13-19-49-59(32-40)86-60-39-47(76)18-21-50(60)63(49)48-20-14-42(34-51(48)66(81)82)57(77)12-9-26-70-65(80)44(36-58(78)56(33-41-10-7-6-8-11-41)72-68(84)75-28-30-85-31-29-75)25-27-71-64(79)43-15-22-53-52(35-43)67(83)88-69(53)54-23-16-45(73(2)3)37-61(54)87-62-38-46(74(4)5)17-24-55(62)69/h13-24,32,34-35,37-39,41,44,56,76H,1,6-12,25-31,33,36H2,2-5H3,(H,70,80)(H,71,79)(H,72,84)(H,81,82)/t44-,56+/m1/s1. The highest BCUT2D eigenvalue weighted by Crippen LogP contribution is 2.57. The van der Waals surface area contributed by atoms with E-state index in [1.165, 1.54) is 24.3 Å². The van der Waals surface area contributed by atoms with Crippen molar-refractivity contribution in [1.82, 2.24) is 20.9 Å². The van der Waals surface area contributed by atoms with Crippen LogP contribution in [-0.4, -0.2) is 130 Å². The molecule has 1 aliphatic carbocycles. The van der Waals surface area contributed by atoms with E-state index in [9.17, 15) is 43.8 Å². The van der Waals surface area contributed by atoms with Crippen molar-refractivity contribution < 1.29 is 62.7 Å². The summed E-state index contributed by atoms with van der Waals surface area (Å²) >= 11 is 0. The van der Waals surface area contributed by atoms with Gasteiger partial charge in [-0.25, -0.2) is 14.4 Å². The van der Waals surface area contributed by atoms with Crippen LogP contribution in [0.5, 0.6) is 28.7 Å². The number of ketones is 2. The summed E-state index contributed by atoms with van der Waals surface area (Å²) in [6.07, 6.45) is 5.26. The fourth-order valence-corrected chi connectivity index (χ4v) is 12.7. The zero-order valence-corrected chi connectivity index (χ0v) is 49.9. The van der Waals surface area contributed by atoms with Crippen molar-refractivity contribution in [3.8, 4) is 28.7 Å². The van der Waals surface area contributed by atoms with Gasteiger partial charge in [0.2, 0.25) is 5.91 Å². The summed E-state index contributed by atoms with van der Waals surface area (Å²) in [4.78, 5) is 103. The SMILES string of the molecule is C=c1ccc2c(c1)Oc1cc(O)ccc1C=2c1ccc(C(=O)CCCNC(=O)[C@H](CCNC(=O)c2ccc3c(c2)C(=O)OC32c3ccc(N(C)C)cc3Oc3cc(N(C)C)ccc32)CC(=O)[C@H](CC2CCCCC2)NC(=O)N2CCOCC2)cc1C(=O)O. The van der Waals surface area contributed by atoms with Gasteiger partial charge >= 0.3 is 18.0 Å². The molecular formula is C69H72N6O13. The van der Waals surface area contributed by atoms with Gasteiger partial charge in [-0.15, -0.1) is 0 Å². The predicted molar refractivity (Wildman–Crippen MR) is 330 cm³/mol. The van der Waals surface area contributed by atoms with Crippen molar-refractivity contribution in [1.29, 1.82) is 0 Å². The van der Waals surface area contributed by atoms with Crippen molar-refractivity contribution in [3.05, 3.63) is 170 Å². The second-order valence-corrected chi connectivity index (χ2v) is 23.7. The second-order valence-electron chi connectivity index (χ2n) is 23.7. The molecule has 19 nitrogen and oxygen atoms in total. The van der Waals surface area contributed by atoms with E-state index in [0.717, 1.165) is 43.5 Å². The zero-order valence-electron chi connectivity index (χ0n) is 49.9. The molecule has 4 heterocycles. The molecule has 88 heavy (non-hydrogen) atoms. The lowest BCUT2D eigenvalue weighted by Gasteiger charge is -2.37. The Hall–Kier alpha value is -9.49. The lowest BCUT2D eigenvalue weighted by molar-refractivity contribution is -0.130. The first-order chi connectivity index (χ1) is 42.4. The Balaban J connectivity index is 0.806. The van der Waals surface area contributed by atoms with E-state index >= 15 is 0 Å². The predicted octanol–water partition coefficient (Wildman–Crippen LogP) is 8.41. The number of hydrogen-bond donors (Lipinski definition) is 5. The van der Waals surface area contributed by atoms with Gasteiger partial charge in [0.25, 0.3) is 5.91 Å². The van der Waals surface area contributed by atoms with E-state index < -0.39 is 41.3 Å². The summed E-state index contributed by atoms with van der Waals surface area (Å²) in [5, 5.41) is 31.0. The molecule has 0 radical (unpaired) electrons. The molecule has 4 aliphatic heterocycles. The van der Waals surface area contributed by atoms with Gasteiger partial charge in [0.15, 0.2) is 17.2 Å². The number of fused-ring (bicyclic) bond motifs is 8. The number of carboxylic acids is 1. The summed E-state index contributed by atoms with van der Waals surface area (Å²) < 4.78 is 24.6. The number of Topliss-reactive ketones (excluding diaryl/α,β-unsaturated/α-hetero) is 2. The molecule has 5 N–H and O–H groups in total. The number of nitrogens with zero attached hydrogens (tertiary/aromatic N) is 3. The summed E-state index contributed by atoms with van der Waals surface area (Å²) in [6, 6.07) is 29.4. The Morgan fingerprint density at radius 3 is 2.07 bits per heavy atom. The van der Waals surface area contributed by atoms with Crippen LogP contribution in [-0.2, 0) is 24.7 Å². The smallest absolute Gasteiger partial charge is 0.340 e. The van der Waals surface area contributed by atoms with E-state index in [-0.39, 0.29) is 90.3 Å². The highest BCUT2D eigenvalue weighted by atomic mass is 16.6. The highest BCUT2D eigenvalue weighted by molar-refractivity contribution is 6.04. The van der Waals surface area contributed by atoms with Gasteiger partial charge in [0, 0.05) is 147 Å². The van der Waals surface area contributed by atoms with Gasteiger partial charge in [0.1, 0.15) is 28.7 Å². The van der Waals surface area contributed by atoms with Crippen molar-refractivity contribution >= 4 is 64.9 Å². The number of benzene rings is 6. The van der Waals surface area contributed by atoms with E-state index in [1.54, 1.807) is 53.4 Å². The number of urea groups is 1. The summed E-state index contributed by atoms with van der Waals surface area (Å²) in [5.74, 6) is -2.62. The molecule has 4 amide bonds. The number of anilines is 2. The van der Waals surface area contributed by atoms with Crippen molar-refractivity contribution in [2.24, 2.45) is 11.8 Å². The molecule has 0 aromatic heterocycles. The molecule has 2 fully saturated rings. The summed E-state index contributed by atoms with van der Waals surface area (Å²) in [5.41, 5.74) is 3.98. The van der Waals surface area contributed by atoms with Crippen LogP contribution >= 0.6 is 0 Å². The van der Waals surface area contributed by atoms with Crippen LogP contribution in [0.3, 0.4) is 0 Å². The molecule has 6 aromatic carbocycles. The summed E-state index contributed by atoms with van der Waals surface area (Å²) in [7, 11) is 7.69. The number of carbonyl (C=O) groups is 7. The number of amides is 4. The molecule has 456 valence electrons. The fourth-order valence-electron chi connectivity index (χ4n) is 12.7. The van der Waals surface area contributed by atoms with Gasteiger partial charge in [0.05, 0.1) is 30.4 Å². The minimum Gasteiger partial charge on any atom is -0.508 e. The topological polar surface area (TPSA) is 243 Å². The third kappa shape index (κ3) is 12.3. The molecule has 0 bridgehead atoms. The molecule has 5 aliphatic rings. The second kappa shape index (κ2) is 25.5. The number of phenols is 1. The monoisotopic (exact) mass is 1190 g/mol. The Morgan fingerprint density at radius 1 is 0.705 bits per heavy atom. The number of aromatic carboxylic acids is 1. The van der Waals surface area contributed by atoms with Gasteiger partial charge < -0.3 is 59.8 Å². The van der Waals surface area contributed by atoms with Crippen LogP contribution in [0, 0.1) is 11.8 Å². The number of phenolic OH excluding ortho intramolecular Hbond substituents is 1. The molecule has 11 rings (SSSR count). The number of carbonyl (C=O) groups excluding carboxylic acids is 6. The first-order valence-corrected chi connectivity index (χ1v) is 30.0. The Kier molecular flexibility index (Phi) is 17.4. The number of ether oxygens (including phenoxy) is 4. The highest BCUT2D eigenvalue weighted by Gasteiger charge is 2.54. The number of nitrogens with one attached hydrogen (secondary N) is 3. The maximum Gasteiger partial charge on any atom is 0.340 e. The van der Waals surface area contributed by atoms with Crippen LogP contribution < -0.4 is 45.7 Å². The van der Waals surface area contributed by atoms with E-state index in [1.807, 2.05) is 74.4 Å². The maximum atomic E-state index is 14.6. The number of morpholine rings is 1. The lowest BCUT2D eigenvalue weighted by atomic mass is 9.77. The molecule has 6 aromatic rings. The molecule has 1 saturated heterocycles. The van der Waals surface area contributed by atoms with Crippen molar-refractivity contribution in [3.63, 3.8) is 0 Å². The minimum atomic E-state index is -1.39. The van der Waals surface area contributed by atoms with Crippen molar-refractivity contribution in [2.75, 3.05) is 77.4 Å². The quantitative estimate of drug-likeness (QED) is 0.0273. The number of esters is 1. The van der Waals surface area contributed by atoms with E-state index in [2.05, 4.69) is 22.5 Å². The lowest BCUT2D eigenvalue weighted by Crippen LogP contribution is -2.52. The first kappa shape index (κ1) is 60.2. The molecule has 1 spiro atoms. The normalized spacial score (nSPS) is 16.0. The average Bonchev–Trinajstić information content (AvgIpc) is 1.44. The fraction of sp³-hybridized carbons (Fsp3) is 0.348. The average molecular weight is 1190 g/mol.